The van der Waals surface area contributed by atoms with Gasteiger partial charge in [-0.25, -0.2) is 4.39 Å². The largest absolute Gasteiger partial charge is 0.454 e. The number of ether oxygens (including phenoxy) is 2. The maximum atomic E-state index is 13.6. The summed E-state index contributed by atoms with van der Waals surface area (Å²) in [7, 11) is 0. The summed E-state index contributed by atoms with van der Waals surface area (Å²) in [5.41, 5.74) is 0.879. The molecule has 1 fully saturated rings. The van der Waals surface area contributed by atoms with E-state index in [1.54, 1.807) is 36.4 Å². The number of nitrogens with one attached hydrogen (secondary N) is 4. The predicted octanol–water partition coefficient (Wildman–Crippen LogP) is -1.08. The molecule has 0 spiro atoms. The molecule has 0 saturated carbocycles. The van der Waals surface area contributed by atoms with Crippen molar-refractivity contribution in [2.45, 2.75) is 0 Å². The number of para-hydroxylation sites is 1. The molecule has 0 aliphatic carbocycles. The number of carbonyl (C=O) groups is 2. The lowest BCUT2D eigenvalue weighted by Gasteiger charge is -2.29. The van der Waals surface area contributed by atoms with Crippen LogP contribution >= 0.6 is 0 Å². The van der Waals surface area contributed by atoms with Crippen LogP contribution in [0, 0.1) is 5.82 Å². The Morgan fingerprint density at radius 1 is 0.867 bits per heavy atom. The van der Waals surface area contributed by atoms with Gasteiger partial charge in [0.1, 0.15) is 32.0 Å². The van der Waals surface area contributed by atoms with Crippen molar-refractivity contribution in [1.82, 2.24) is 0 Å². The number of quaternary nitrogens is 2. The first kappa shape index (κ1) is 20.1. The van der Waals surface area contributed by atoms with Crippen molar-refractivity contribution in [3.63, 3.8) is 0 Å². The third kappa shape index (κ3) is 5.05. The van der Waals surface area contributed by atoms with Crippen LogP contribution in [0.5, 0.6) is 11.5 Å². The summed E-state index contributed by atoms with van der Waals surface area (Å²) in [4.78, 5) is 26.9. The van der Waals surface area contributed by atoms with E-state index >= 15 is 0 Å². The Hall–Kier alpha value is -3.17. The maximum Gasteiger partial charge on any atom is 0.279 e. The molecule has 2 heterocycles. The predicted molar refractivity (Wildman–Crippen MR) is 107 cm³/mol. The van der Waals surface area contributed by atoms with Crippen LogP contribution in [-0.2, 0) is 9.59 Å². The van der Waals surface area contributed by atoms with Crippen molar-refractivity contribution in [3.8, 4) is 11.5 Å². The van der Waals surface area contributed by atoms with Gasteiger partial charge in [-0.05, 0) is 24.3 Å². The van der Waals surface area contributed by atoms with E-state index in [0.717, 1.165) is 31.1 Å². The van der Waals surface area contributed by atoms with Crippen molar-refractivity contribution in [2.75, 3.05) is 56.7 Å². The zero-order chi connectivity index (χ0) is 20.9. The van der Waals surface area contributed by atoms with Gasteiger partial charge in [0.25, 0.3) is 11.8 Å². The van der Waals surface area contributed by atoms with Gasteiger partial charge in [0.2, 0.25) is 6.79 Å². The summed E-state index contributed by atoms with van der Waals surface area (Å²) in [6, 6.07) is 11.5. The molecule has 0 unspecified atom stereocenters. The average molecular weight is 416 g/mol. The van der Waals surface area contributed by atoms with E-state index in [2.05, 4.69) is 10.6 Å². The second-order valence-corrected chi connectivity index (χ2v) is 7.50. The van der Waals surface area contributed by atoms with E-state index < -0.39 is 5.82 Å². The Morgan fingerprint density at radius 2 is 1.50 bits per heavy atom. The number of anilines is 2. The van der Waals surface area contributed by atoms with E-state index in [9.17, 15) is 14.0 Å². The van der Waals surface area contributed by atoms with Gasteiger partial charge in [-0.3, -0.25) is 9.59 Å². The van der Waals surface area contributed by atoms with Gasteiger partial charge in [-0.2, -0.15) is 0 Å². The quantitative estimate of drug-likeness (QED) is 0.483. The van der Waals surface area contributed by atoms with Crippen LogP contribution in [0.4, 0.5) is 15.8 Å². The van der Waals surface area contributed by atoms with Gasteiger partial charge < -0.3 is 29.9 Å². The molecule has 2 aromatic rings. The molecule has 1 saturated heterocycles. The molecule has 2 aliphatic rings. The molecule has 9 heteroatoms. The smallest absolute Gasteiger partial charge is 0.279 e. The second-order valence-electron chi connectivity index (χ2n) is 7.50. The van der Waals surface area contributed by atoms with Crippen molar-refractivity contribution in [2.24, 2.45) is 0 Å². The fourth-order valence-electron chi connectivity index (χ4n) is 3.70. The third-order valence-electron chi connectivity index (χ3n) is 5.29. The SMILES string of the molecule is O=C(C[NH+]1CC[NH+](CC(=O)Nc2ccccc2F)CC1)Nc1ccc2c(c1)OCO2. The molecule has 2 aliphatic heterocycles. The zero-order valence-electron chi connectivity index (χ0n) is 16.5. The van der Waals surface area contributed by atoms with Crippen LogP contribution in [0.1, 0.15) is 0 Å². The highest BCUT2D eigenvalue weighted by Crippen LogP contribution is 2.34. The first-order valence-electron chi connectivity index (χ1n) is 9.98. The molecule has 4 rings (SSSR count). The second kappa shape index (κ2) is 9.10. The number of hydrogen-bond donors (Lipinski definition) is 4. The van der Waals surface area contributed by atoms with Crippen molar-refractivity contribution >= 4 is 23.2 Å². The highest BCUT2D eigenvalue weighted by atomic mass is 19.1. The highest BCUT2D eigenvalue weighted by Gasteiger charge is 2.26. The number of hydrogen-bond acceptors (Lipinski definition) is 4. The fourth-order valence-corrected chi connectivity index (χ4v) is 3.70. The number of benzene rings is 2. The van der Waals surface area contributed by atoms with Crippen molar-refractivity contribution in [1.29, 1.82) is 0 Å². The van der Waals surface area contributed by atoms with Gasteiger partial charge in [0, 0.05) is 11.8 Å². The number of halogens is 1. The van der Waals surface area contributed by atoms with Gasteiger partial charge >= 0.3 is 0 Å². The summed E-state index contributed by atoms with van der Waals surface area (Å²) in [5.74, 6) is 0.593. The lowest BCUT2D eigenvalue weighted by Crippen LogP contribution is -3.28. The molecule has 2 aromatic carbocycles. The zero-order valence-corrected chi connectivity index (χ0v) is 16.5. The van der Waals surface area contributed by atoms with E-state index in [-0.39, 0.29) is 30.8 Å². The number of amides is 2. The molecule has 0 atom stereocenters. The number of rotatable bonds is 6. The normalized spacial score (nSPS) is 19.9. The summed E-state index contributed by atoms with van der Waals surface area (Å²) < 4.78 is 24.2. The molecular formula is C21H25FN4O4+2. The molecule has 0 bridgehead atoms. The lowest BCUT2D eigenvalue weighted by atomic mass is 10.2. The minimum atomic E-state index is -0.441. The number of piperazine rings is 1. The van der Waals surface area contributed by atoms with Gasteiger partial charge in [-0.1, -0.05) is 12.1 Å². The Bertz CT molecular complexity index is 931. The van der Waals surface area contributed by atoms with Gasteiger partial charge in [0.05, 0.1) is 5.69 Å². The Balaban J connectivity index is 1.19. The Kier molecular flexibility index (Phi) is 6.10. The first-order valence-corrected chi connectivity index (χ1v) is 9.98. The van der Waals surface area contributed by atoms with Gasteiger partial charge in [-0.15, -0.1) is 0 Å². The summed E-state index contributed by atoms with van der Waals surface area (Å²) >= 11 is 0. The number of carbonyl (C=O) groups excluding carboxylic acids is 2. The minimum Gasteiger partial charge on any atom is -0.454 e. The van der Waals surface area contributed by atoms with E-state index in [4.69, 9.17) is 9.47 Å². The summed E-state index contributed by atoms with van der Waals surface area (Å²) in [5, 5.41) is 5.51. The number of fused-ring (bicyclic) bond motifs is 1. The summed E-state index contributed by atoms with van der Waals surface area (Å²) in [6.45, 7) is 3.97. The molecule has 30 heavy (non-hydrogen) atoms. The first-order chi connectivity index (χ1) is 14.6. The van der Waals surface area contributed by atoms with Crippen LogP contribution < -0.4 is 29.9 Å². The van der Waals surface area contributed by atoms with Gasteiger partial charge in [0.15, 0.2) is 24.6 Å². The summed E-state index contributed by atoms with van der Waals surface area (Å²) in [6.07, 6.45) is 0. The maximum absolute atomic E-state index is 13.6. The Labute approximate surface area is 173 Å². The van der Waals surface area contributed by atoms with E-state index in [1.165, 1.54) is 11.0 Å². The molecule has 0 aromatic heterocycles. The highest BCUT2D eigenvalue weighted by molar-refractivity contribution is 5.92. The molecule has 158 valence electrons. The van der Waals surface area contributed by atoms with Crippen LogP contribution in [-0.4, -0.2) is 57.9 Å². The molecule has 2 amide bonds. The lowest BCUT2D eigenvalue weighted by molar-refractivity contribution is -1.00. The van der Waals surface area contributed by atoms with E-state index in [1.807, 2.05) is 0 Å². The van der Waals surface area contributed by atoms with Crippen LogP contribution in [0.2, 0.25) is 0 Å². The molecular weight excluding hydrogens is 391 g/mol. The van der Waals surface area contributed by atoms with Crippen LogP contribution in [0.3, 0.4) is 0 Å². The third-order valence-corrected chi connectivity index (χ3v) is 5.29. The monoisotopic (exact) mass is 416 g/mol. The standard InChI is InChI=1S/C21H23FN4O4/c22-16-3-1-2-4-17(16)24-21(28)13-26-9-7-25(8-10-26)12-20(27)23-15-5-6-18-19(11-15)30-14-29-18/h1-6,11H,7-10,12-14H2,(H,23,27)(H,24,28)/p+2. The molecule has 0 radical (unpaired) electrons. The minimum absolute atomic E-state index is 0.0652. The van der Waals surface area contributed by atoms with E-state index in [0.29, 0.717) is 23.7 Å². The topological polar surface area (TPSA) is 85.5 Å². The fraction of sp³-hybridized carbons (Fsp3) is 0.333. The molecule has 4 N–H and O–H groups in total. The van der Waals surface area contributed by atoms with Crippen LogP contribution in [0.15, 0.2) is 42.5 Å². The van der Waals surface area contributed by atoms with Crippen molar-refractivity contribution < 1.29 is 33.3 Å². The van der Waals surface area contributed by atoms with Crippen LogP contribution in [0.25, 0.3) is 0 Å². The molecule has 8 nitrogen and oxygen atoms in total. The van der Waals surface area contributed by atoms with Crippen molar-refractivity contribution in [3.05, 3.63) is 48.3 Å². The average Bonchev–Trinajstić information content (AvgIpc) is 3.19. The Morgan fingerprint density at radius 3 is 2.20 bits per heavy atom.